The van der Waals surface area contributed by atoms with Gasteiger partial charge in [-0.2, -0.15) is 26.3 Å². The standard InChI is InChI=1S/C14H15F8/c15-12(16)6-10(12)8(3-7-4-9(7)13(17,18)19)5-11(1-2-11)14(20,21)22/h7,9-10H,1-6H2. The van der Waals surface area contributed by atoms with Crippen molar-refractivity contribution >= 4 is 0 Å². The van der Waals surface area contributed by atoms with E-state index in [1.165, 1.54) is 0 Å². The Bertz CT molecular complexity index is 445. The maximum atomic E-state index is 13.2. The molecule has 0 saturated heterocycles. The van der Waals surface area contributed by atoms with E-state index in [4.69, 9.17) is 0 Å². The quantitative estimate of drug-likeness (QED) is 0.579. The number of hydrogen-bond acceptors (Lipinski definition) is 0. The number of hydrogen-bond donors (Lipinski definition) is 0. The van der Waals surface area contributed by atoms with E-state index in [2.05, 4.69) is 0 Å². The van der Waals surface area contributed by atoms with Gasteiger partial charge in [0.1, 0.15) is 0 Å². The van der Waals surface area contributed by atoms with Crippen molar-refractivity contribution in [3.63, 3.8) is 0 Å². The minimum absolute atomic E-state index is 0.00317. The second-order valence-electron chi connectivity index (χ2n) is 6.98. The molecule has 1 radical (unpaired) electrons. The third kappa shape index (κ3) is 2.94. The molecule has 0 bridgehead atoms. The van der Waals surface area contributed by atoms with Crippen LogP contribution in [0.15, 0.2) is 0 Å². The second-order valence-corrected chi connectivity index (χ2v) is 6.98. The van der Waals surface area contributed by atoms with E-state index in [1.807, 2.05) is 0 Å². The highest BCUT2D eigenvalue weighted by atomic mass is 19.4. The van der Waals surface area contributed by atoms with E-state index in [0.29, 0.717) is 0 Å². The van der Waals surface area contributed by atoms with Gasteiger partial charge in [-0.15, -0.1) is 0 Å². The molecule has 0 aromatic heterocycles. The van der Waals surface area contributed by atoms with Gasteiger partial charge in [0.15, 0.2) is 0 Å². The number of halogens is 8. The minimum Gasteiger partial charge on any atom is -0.207 e. The lowest BCUT2D eigenvalue weighted by atomic mass is 9.84. The van der Waals surface area contributed by atoms with Crippen LogP contribution in [0, 0.1) is 29.1 Å². The Morgan fingerprint density at radius 2 is 1.55 bits per heavy atom. The molecule has 3 unspecified atom stereocenters. The molecule has 3 aliphatic rings. The number of rotatable bonds is 5. The van der Waals surface area contributed by atoms with Crippen molar-refractivity contribution in [2.24, 2.45) is 23.2 Å². The maximum Gasteiger partial charge on any atom is 0.394 e. The Balaban J connectivity index is 1.65. The highest BCUT2D eigenvalue weighted by Gasteiger charge is 2.68. The van der Waals surface area contributed by atoms with Crippen LogP contribution in [0.1, 0.15) is 38.5 Å². The second kappa shape index (κ2) is 4.50. The van der Waals surface area contributed by atoms with Crippen molar-refractivity contribution in [1.29, 1.82) is 0 Å². The van der Waals surface area contributed by atoms with Crippen molar-refractivity contribution in [2.75, 3.05) is 0 Å². The topological polar surface area (TPSA) is 0 Å². The lowest BCUT2D eigenvalue weighted by Gasteiger charge is -2.25. The first-order valence-corrected chi connectivity index (χ1v) is 7.22. The van der Waals surface area contributed by atoms with Gasteiger partial charge in [-0.1, -0.05) is 0 Å². The Kier molecular flexibility index (Phi) is 3.33. The van der Waals surface area contributed by atoms with Crippen LogP contribution in [0.3, 0.4) is 0 Å². The SMILES string of the molecule is FC(F)(F)C1CC1C[C](CC1(C(F)(F)F)CC1)C1CC1(F)F. The summed E-state index contributed by atoms with van der Waals surface area (Å²) in [6.07, 6.45) is -10.6. The largest absolute Gasteiger partial charge is 0.394 e. The third-order valence-electron chi connectivity index (χ3n) is 5.21. The molecule has 0 N–H and O–H groups in total. The summed E-state index contributed by atoms with van der Waals surface area (Å²) in [6.45, 7) is 0. The van der Waals surface area contributed by atoms with Gasteiger partial charge in [0, 0.05) is 12.3 Å². The average molecular weight is 335 g/mol. The monoisotopic (exact) mass is 335 g/mol. The molecule has 0 nitrogen and oxygen atoms in total. The first-order chi connectivity index (χ1) is 9.86. The van der Waals surface area contributed by atoms with Crippen LogP contribution in [0.2, 0.25) is 0 Å². The fourth-order valence-electron chi connectivity index (χ4n) is 3.35. The number of alkyl halides is 8. The molecule has 127 valence electrons. The molecule has 3 aliphatic carbocycles. The molecule has 3 saturated carbocycles. The summed E-state index contributed by atoms with van der Waals surface area (Å²) in [5.74, 6) is -6.68. The van der Waals surface area contributed by atoms with E-state index in [-0.39, 0.29) is 31.6 Å². The Morgan fingerprint density at radius 1 is 1.00 bits per heavy atom. The molecule has 0 heterocycles. The summed E-state index contributed by atoms with van der Waals surface area (Å²) in [5, 5.41) is 0. The van der Waals surface area contributed by atoms with E-state index in [0.717, 1.165) is 0 Å². The first kappa shape index (κ1) is 16.3. The lowest BCUT2D eigenvalue weighted by molar-refractivity contribution is -0.188. The van der Waals surface area contributed by atoms with Gasteiger partial charge >= 0.3 is 12.4 Å². The highest BCUT2D eigenvalue weighted by Crippen LogP contribution is 2.67. The van der Waals surface area contributed by atoms with Gasteiger partial charge < -0.3 is 0 Å². The van der Waals surface area contributed by atoms with Crippen LogP contribution in [-0.2, 0) is 0 Å². The van der Waals surface area contributed by atoms with Gasteiger partial charge in [-0.25, -0.2) is 8.78 Å². The molecule has 22 heavy (non-hydrogen) atoms. The zero-order valence-corrected chi connectivity index (χ0v) is 11.5. The van der Waals surface area contributed by atoms with Crippen LogP contribution >= 0.6 is 0 Å². The first-order valence-electron chi connectivity index (χ1n) is 7.22. The van der Waals surface area contributed by atoms with Gasteiger partial charge in [-0.05, 0) is 43.9 Å². The summed E-state index contributed by atoms with van der Waals surface area (Å²) in [5.41, 5.74) is -1.97. The summed E-state index contributed by atoms with van der Waals surface area (Å²) in [4.78, 5) is 0. The zero-order valence-electron chi connectivity index (χ0n) is 11.5. The Hall–Kier alpha value is -0.560. The summed E-state index contributed by atoms with van der Waals surface area (Å²) in [7, 11) is 0. The van der Waals surface area contributed by atoms with E-state index in [1.54, 1.807) is 0 Å². The van der Waals surface area contributed by atoms with Crippen molar-refractivity contribution < 1.29 is 35.1 Å². The third-order valence-corrected chi connectivity index (χ3v) is 5.21. The van der Waals surface area contributed by atoms with Crippen LogP contribution in [0.5, 0.6) is 0 Å². The molecule has 8 heteroatoms. The van der Waals surface area contributed by atoms with Crippen molar-refractivity contribution in [3.8, 4) is 0 Å². The molecular weight excluding hydrogens is 320 g/mol. The highest BCUT2D eigenvalue weighted by molar-refractivity contribution is 5.20. The van der Waals surface area contributed by atoms with Gasteiger partial charge in [0.2, 0.25) is 0 Å². The van der Waals surface area contributed by atoms with E-state index in [9.17, 15) is 35.1 Å². The molecule has 0 aromatic carbocycles. The smallest absolute Gasteiger partial charge is 0.207 e. The molecule has 0 amide bonds. The predicted octanol–water partition coefficient (Wildman–Crippen LogP) is 5.54. The summed E-state index contributed by atoms with van der Waals surface area (Å²) < 4.78 is 103. The molecule has 3 rings (SSSR count). The fraction of sp³-hybridized carbons (Fsp3) is 0.929. The van der Waals surface area contributed by atoms with Crippen molar-refractivity contribution in [3.05, 3.63) is 5.92 Å². The van der Waals surface area contributed by atoms with Crippen LogP contribution in [0.4, 0.5) is 35.1 Å². The molecule has 0 aromatic rings. The maximum absolute atomic E-state index is 13.2. The Labute approximate surface area is 122 Å². The van der Waals surface area contributed by atoms with Crippen LogP contribution < -0.4 is 0 Å². The van der Waals surface area contributed by atoms with Crippen molar-refractivity contribution in [1.82, 2.24) is 0 Å². The van der Waals surface area contributed by atoms with E-state index >= 15 is 0 Å². The normalized spacial score (nSPS) is 35.6. The molecule has 0 aliphatic heterocycles. The predicted molar refractivity (Wildman–Crippen MR) is 60.9 cm³/mol. The van der Waals surface area contributed by atoms with Gasteiger partial charge in [0.05, 0.1) is 11.3 Å². The molecule has 0 spiro atoms. The average Bonchev–Trinajstić information content (AvgIpc) is 3.10. The molecular formula is C14H15F8. The zero-order chi connectivity index (χ0) is 16.6. The minimum atomic E-state index is -4.48. The summed E-state index contributed by atoms with van der Waals surface area (Å²) >= 11 is 0. The van der Waals surface area contributed by atoms with E-state index < -0.39 is 54.3 Å². The molecule has 3 atom stereocenters. The Morgan fingerprint density at radius 3 is 1.86 bits per heavy atom. The molecule has 3 fully saturated rings. The van der Waals surface area contributed by atoms with Gasteiger partial charge in [0.25, 0.3) is 5.92 Å². The van der Waals surface area contributed by atoms with Crippen LogP contribution in [0.25, 0.3) is 0 Å². The lowest BCUT2D eigenvalue weighted by Crippen LogP contribution is -2.28. The van der Waals surface area contributed by atoms with Crippen LogP contribution in [-0.4, -0.2) is 18.3 Å². The summed E-state index contributed by atoms with van der Waals surface area (Å²) in [6, 6.07) is 0. The van der Waals surface area contributed by atoms with Crippen molar-refractivity contribution in [2.45, 2.75) is 56.8 Å². The van der Waals surface area contributed by atoms with Gasteiger partial charge in [-0.3, -0.25) is 0 Å². The fourth-order valence-corrected chi connectivity index (χ4v) is 3.35.